The number of amides is 1. The van der Waals surface area contributed by atoms with E-state index in [0.29, 0.717) is 30.5 Å². The summed E-state index contributed by atoms with van der Waals surface area (Å²) in [6.07, 6.45) is 0.882. The minimum atomic E-state index is -0.397. The molecule has 2 aromatic rings. The summed E-state index contributed by atoms with van der Waals surface area (Å²) in [5.41, 5.74) is 6.04. The summed E-state index contributed by atoms with van der Waals surface area (Å²) in [6, 6.07) is 6.46. The maximum absolute atomic E-state index is 14.2. The van der Waals surface area contributed by atoms with Crippen LogP contribution in [0.4, 0.5) is 4.39 Å². The van der Waals surface area contributed by atoms with E-state index in [1.165, 1.54) is 10.7 Å². The van der Waals surface area contributed by atoms with Gasteiger partial charge in [-0.3, -0.25) is 4.79 Å². The molecular weight excluding hydrogens is 357 g/mol. The third kappa shape index (κ3) is 3.73. The zero-order valence-electron chi connectivity index (χ0n) is 15.2. The van der Waals surface area contributed by atoms with Crippen LogP contribution in [0.1, 0.15) is 49.6 Å². The summed E-state index contributed by atoms with van der Waals surface area (Å²) in [5, 5.41) is 4.34. The highest BCUT2D eigenvalue weighted by molar-refractivity contribution is 5.91. The van der Waals surface area contributed by atoms with Crippen LogP contribution in [-0.2, 0) is 0 Å². The van der Waals surface area contributed by atoms with E-state index in [9.17, 15) is 9.18 Å². The number of hydrogen-bond acceptors (Lipinski definition) is 4. The average molecular weight is 382 g/mol. The van der Waals surface area contributed by atoms with Crippen LogP contribution in [0, 0.1) is 11.7 Å². The topological polar surface area (TPSA) is 77.0 Å². The molecule has 0 spiro atoms. The van der Waals surface area contributed by atoms with Gasteiger partial charge >= 0.3 is 0 Å². The maximum atomic E-state index is 14.2. The van der Waals surface area contributed by atoms with Gasteiger partial charge in [-0.05, 0) is 37.9 Å². The highest BCUT2D eigenvalue weighted by Crippen LogP contribution is 2.25. The monoisotopic (exact) mass is 381 g/mol. The van der Waals surface area contributed by atoms with Crippen LogP contribution in [0.2, 0.25) is 0 Å². The lowest BCUT2D eigenvalue weighted by molar-refractivity contribution is 0.0731. The van der Waals surface area contributed by atoms with Crippen molar-refractivity contribution in [3.63, 3.8) is 0 Å². The van der Waals surface area contributed by atoms with Gasteiger partial charge in [-0.25, -0.2) is 14.1 Å². The summed E-state index contributed by atoms with van der Waals surface area (Å²) in [7, 11) is 0. The second-order valence-electron chi connectivity index (χ2n) is 6.96. The predicted octanol–water partition coefficient (Wildman–Crippen LogP) is 2.76. The van der Waals surface area contributed by atoms with Gasteiger partial charge in [0.1, 0.15) is 17.3 Å². The molecule has 8 heteroatoms. The Morgan fingerprint density at radius 2 is 2.08 bits per heavy atom. The normalized spacial score (nSPS) is 19.7. The van der Waals surface area contributed by atoms with Crippen molar-refractivity contribution in [2.24, 2.45) is 11.7 Å². The van der Waals surface area contributed by atoms with Gasteiger partial charge in [-0.2, -0.15) is 0 Å². The fraction of sp³-hybridized carbons (Fsp3) is 0.500. The first-order valence-electron chi connectivity index (χ1n) is 8.65. The number of nitrogens with zero attached hydrogens (tertiary/aromatic N) is 4. The van der Waals surface area contributed by atoms with Crippen LogP contribution in [-0.4, -0.2) is 44.7 Å². The molecule has 1 amide bonds. The van der Waals surface area contributed by atoms with Crippen molar-refractivity contribution in [3.05, 3.63) is 41.7 Å². The number of halogens is 2. The van der Waals surface area contributed by atoms with E-state index in [-0.39, 0.29) is 36.1 Å². The Morgan fingerprint density at radius 3 is 2.65 bits per heavy atom. The Balaban J connectivity index is 0.00000243. The van der Waals surface area contributed by atoms with Crippen LogP contribution in [0.25, 0.3) is 5.69 Å². The lowest BCUT2D eigenvalue weighted by Crippen LogP contribution is -2.35. The second kappa shape index (κ2) is 8.14. The summed E-state index contributed by atoms with van der Waals surface area (Å²) in [6.45, 7) is 7.06. The van der Waals surface area contributed by atoms with Gasteiger partial charge in [0.15, 0.2) is 0 Å². The maximum Gasteiger partial charge on any atom is 0.293 e. The van der Waals surface area contributed by atoms with Crippen LogP contribution in [0.5, 0.6) is 0 Å². The third-order valence-corrected chi connectivity index (χ3v) is 4.68. The summed E-state index contributed by atoms with van der Waals surface area (Å²) < 4.78 is 15.6. The molecule has 0 saturated carbocycles. The molecule has 1 aromatic heterocycles. The fourth-order valence-electron chi connectivity index (χ4n) is 3.31. The average Bonchev–Trinajstić information content (AvgIpc) is 3.18. The van der Waals surface area contributed by atoms with E-state index in [2.05, 4.69) is 10.1 Å². The molecule has 2 N–H and O–H groups in total. The Morgan fingerprint density at radius 1 is 1.38 bits per heavy atom. The van der Waals surface area contributed by atoms with E-state index in [0.717, 1.165) is 6.42 Å². The van der Waals surface area contributed by atoms with Crippen LogP contribution in [0.3, 0.4) is 0 Å². The van der Waals surface area contributed by atoms with Gasteiger partial charge < -0.3 is 10.6 Å². The molecule has 2 heterocycles. The number of aromatic nitrogens is 3. The van der Waals surface area contributed by atoms with Crippen molar-refractivity contribution in [1.29, 1.82) is 0 Å². The first-order valence-corrected chi connectivity index (χ1v) is 8.65. The molecule has 6 nitrogen and oxygen atoms in total. The number of para-hydroxylation sites is 1. The fourth-order valence-corrected chi connectivity index (χ4v) is 3.31. The first kappa shape index (κ1) is 20.3. The van der Waals surface area contributed by atoms with Crippen LogP contribution >= 0.6 is 12.4 Å². The number of carbonyl (C=O) groups is 1. The number of carbonyl (C=O) groups excluding carboxylic acids is 1. The molecular formula is C18H25ClFN5O. The molecule has 2 unspecified atom stereocenters. The van der Waals surface area contributed by atoms with Crippen molar-refractivity contribution >= 4 is 18.3 Å². The number of rotatable bonds is 4. The molecule has 0 bridgehead atoms. The molecule has 1 fully saturated rings. The number of benzene rings is 1. The minimum Gasteiger partial charge on any atom is -0.333 e. The molecule has 2 atom stereocenters. The SMILES string of the molecule is CC(C)c1nc(C(=O)N2CC(CN)CC2C)nn1-c1ccccc1F.Cl. The molecule has 142 valence electrons. The molecule has 1 aliphatic heterocycles. The predicted molar refractivity (Wildman–Crippen MR) is 100 cm³/mol. The molecule has 0 aliphatic carbocycles. The van der Waals surface area contributed by atoms with Crippen molar-refractivity contribution in [2.45, 2.75) is 39.2 Å². The van der Waals surface area contributed by atoms with E-state index in [1.807, 2.05) is 20.8 Å². The molecule has 0 radical (unpaired) electrons. The zero-order valence-corrected chi connectivity index (χ0v) is 16.0. The summed E-state index contributed by atoms with van der Waals surface area (Å²) in [4.78, 5) is 19.1. The smallest absolute Gasteiger partial charge is 0.293 e. The lowest BCUT2D eigenvalue weighted by Gasteiger charge is -2.19. The molecule has 1 aliphatic rings. The van der Waals surface area contributed by atoms with E-state index in [4.69, 9.17) is 5.73 Å². The van der Waals surface area contributed by atoms with Gasteiger partial charge in [0.25, 0.3) is 5.91 Å². The largest absolute Gasteiger partial charge is 0.333 e. The number of hydrogen-bond donors (Lipinski definition) is 1. The molecule has 3 rings (SSSR count). The van der Waals surface area contributed by atoms with Crippen molar-refractivity contribution < 1.29 is 9.18 Å². The Labute approximate surface area is 159 Å². The molecule has 1 aromatic carbocycles. The third-order valence-electron chi connectivity index (χ3n) is 4.68. The van der Waals surface area contributed by atoms with E-state index < -0.39 is 5.82 Å². The summed E-state index contributed by atoms with van der Waals surface area (Å²) >= 11 is 0. The van der Waals surface area contributed by atoms with Gasteiger partial charge in [-0.15, -0.1) is 17.5 Å². The highest BCUT2D eigenvalue weighted by atomic mass is 35.5. The first-order chi connectivity index (χ1) is 11.9. The Kier molecular flexibility index (Phi) is 6.36. The zero-order chi connectivity index (χ0) is 18.1. The lowest BCUT2D eigenvalue weighted by atomic mass is 10.1. The quantitative estimate of drug-likeness (QED) is 0.883. The highest BCUT2D eigenvalue weighted by Gasteiger charge is 2.34. The van der Waals surface area contributed by atoms with E-state index in [1.54, 1.807) is 23.1 Å². The number of nitrogens with two attached hydrogens (primary N) is 1. The van der Waals surface area contributed by atoms with Crippen molar-refractivity contribution in [1.82, 2.24) is 19.7 Å². The second-order valence-corrected chi connectivity index (χ2v) is 6.96. The van der Waals surface area contributed by atoms with Gasteiger partial charge in [0, 0.05) is 18.5 Å². The van der Waals surface area contributed by atoms with Crippen LogP contribution in [0.15, 0.2) is 24.3 Å². The Hall–Kier alpha value is -1.99. The molecule has 26 heavy (non-hydrogen) atoms. The van der Waals surface area contributed by atoms with Crippen LogP contribution < -0.4 is 5.73 Å². The standard InChI is InChI=1S/C18H24FN5O.ClH/c1-11(2)17-21-16(18(25)23-10-13(9-20)8-12(23)3)22-24(17)15-7-5-4-6-14(15)19;/h4-7,11-13H,8-10,20H2,1-3H3;1H. The van der Waals surface area contributed by atoms with Gasteiger partial charge in [0.05, 0.1) is 0 Å². The minimum absolute atomic E-state index is 0. The van der Waals surface area contributed by atoms with Gasteiger partial charge in [0.2, 0.25) is 5.82 Å². The Bertz CT molecular complexity index is 779. The van der Waals surface area contributed by atoms with E-state index >= 15 is 0 Å². The van der Waals surface area contributed by atoms with Crippen molar-refractivity contribution in [2.75, 3.05) is 13.1 Å². The van der Waals surface area contributed by atoms with Gasteiger partial charge in [-0.1, -0.05) is 26.0 Å². The van der Waals surface area contributed by atoms with Crippen molar-refractivity contribution in [3.8, 4) is 5.69 Å². The number of likely N-dealkylation sites (tertiary alicyclic amines) is 1. The summed E-state index contributed by atoms with van der Waals surface area (Å²) in [5.74, 6) is 0.359. The molecule has 1 saturated heterocycles.